The molecule has 0 aromatic heterocycles. The Morgan fingerprint density at radius 1 is 1.17 bits per heavy atom. The average molecular weight is 257 g/mol. The van der Waals surface area contributed by atoms with Crippen LogP contribution in [0.2, 0.25) is 0 Å². The maximum atomic E-state index is 10.9. The summed E-state index contributed by atoms with van der Waals surface area (Å²) in [5.74, 6) is 0.0237. The first kappa shape index (κ1) is 11.2. The fourth-order valence-electron chi connectivity index (χ4n) is 2.08. The summed E-state index contributed by atoms with van der Waals surface area (Å²) in [6.45, 7) is 0. The van der Waals surface area contributed by atoms with E-state index in [9.17, 15) is 9.90 Å². The zero-order valence-corrected chi connectivity index (χ0v) is 10.6. The lowest BCUT2D eigenvalue weighted by molar-refractivity contribution is 0.112. The van der Waals surface area contributed by atoms with Crippen LogP contribution in [-0.4, -0.2) is 18.4 Å². The number of anilines is 2. The summed E-state index contributed by atoms with van der Waals surface area (Å²) in [5.41, 5.74) is 2.35. The van der Waals surface area contributed by atoms with Crippen LogP contribution in [-0.2, 0) is 0 Å². The predicted octanol–water partition coefficient (Wildman–Crippen LogP) is 3.44. The number of phenols is 1. The number of carbonyl (C=O) groups is 1. The molecule has 1 heterocycles. The molecule has 0 amide bonds. The Hall–Kier alpha value is -1.94. The van der Waals surface area contributed by atoms with E-state index in [2.05, 4.69) is 0 Å². The molecule has 0 fully saturated rings. The molecular weight excluding hydrogens is 246 g/mol. The summed E-state index contributed by atoms with van der Waals surface area (Å²) in [4.78, 5) is 15.0. The van der Waals surface area contributed by atoms with Crippen molar-refractivity contribution in [3.8, 4) is 5.75 Å². The molecule has 18 heavy (non-hydrogen) atoms. The van der Waals surface area contributed by atoms with Gasteiger partial charge in [-0.15, -0.1) is 0 Å². The second-order valence-corrected chi connectivity index (χ2v) is 5.21. The van der Waals surface area contributed by atoms with Gasteiger partial charge >= 0.3 is 0 Å². The summed E-state index contributed by atoms with van der Waals surface area (Å²) in [5, 5.41) is 9.77. The van der Waals surface area contributed by atoms with E-state index in [4.69, 9.17) is 0 Å². The molecule has 0 bridgehead atoms. The zero-order chi connectivity index (χ0) is 12.7. The van der Waals surface area contributed by atoms with E-state index in [0.717, 1.165) is 21.2 Å². The highest BCUT2D eigenvalue weighted by molar-refractivity contribution is 7.99. The molecule has 2 aromatic rings. The van der Waals surface area contributed by atoms with Crippen LogP contribution < -0.4 is 4.90 Å². The molecule has 0 spiro atoms. The van der Waals surface area contributed by atoms with Gasteiger partial charge in [-0.3, -0.25) is 4.79 Å². The van der Waals surface area contributed by atoms with Gasteiger partial charge < -0.3 is 10.0 Å². The minimum absolute atomic E-state index is 0.0237. The van der Waals surface area contributed by atoms with E-state index in [1.807, 2.05) is 36.2 Å². The van der Waals surface area contributed by atoms with Crippen LogP contribution in [0.15, 0.2) is 46.2 Å². The van der Waals surface area contributed by atoms with Crippen molar-refractivity contribution in [3.63, 3.8) is 0 Å². The van der Waals surface area contributed by atoms with E-state index >= 15 is 0 Å². The van der Waals surface area contributed by atoms with Crippen molar-refractivity contribution in [2.24, 2.45) is 0 Å². The first-order chi connectivity index (χ1) is 8.70. The molecule has 90 valence electrons. The minimum atomic E-state index is 0.0237. The number of benzene rings is 2. The number of aromatic hydroxyl groups is 1. The summed E-state index contributed by atoms with van der Waals surface area (Å²) in [7, 11) is 1.96. The first-order valence-electron chi connectivity index (χ1n) is 5.53. The van der Waals surface area contributed by atoms with E-state index < -0.39 is 0 Å². The van der Waals surface area contributed by atoms with Gasteiger partial charge in [0.15, 0.2) is 6.29 Å². The Morgan fingerprint density at radius 2 is 1.94 bits per heavy atom. The Bertz CT molecular complexity index is 640. The van der Waals surface area contributed by atoms with Crippen LogP contribution in [0.3, 0.4) is 0 Å². The minimum Gasteiger partial charge on any atom is -0.507 e. The third-order valence-electron chi connectivity index (χ3n) is 3.04. The zero-order valence-electron chi connectivity index (χ0n) is 9.75. The molecule has 0 aliphatic carbocycles. The fraction of sp³-hybridized carbons (Fsp3) is 0.0714. The van der Waals surface area contributed by atoms with Crippen molar-refractivity contribution in [2.45, 2.75) is 9.79 Å². The molecule has 0 atom stereocenters. The van der Waals surface area contributed by atoms with E-state index in [1.165, 1.54) is 0 Å². The van der Waals surface area contributed by atoms with Gasteiger partial charge in [0.2, 0.25) is 0 Å². The largest absolute Gasteiger partial charge is 0.507 e. The van der Waals surface area contributed by atoms with Gasteiger partial charge in [0.1, 0.15) is 5.75 Å². The highest BCUT2D eigenvalue weighted by Gasteiger charge is 2.21. The summed E-state index contributed by atoms with van der Waals surface area (Å²) < 4.78 is 0. The Balaban J connectivity index is 2.19. The molecule has 4 heteroatoms. The molecule has 1 aliphatic heterocycles. The molecule has 1 N–H and O–H groups in total. The SMILES string of the molecule is CN1c2ccccc2Sc2cc(C=O)c(O)cc21. The van der Waals surface area contributed by atoms with Gasteiger partial charge in [0.25, 0.3) is 0 Å². The molecule has 3 rings (SSSR count). The number of para-hydroxylation sites is 1. The number of hydrogen-bond acceptors (Lipinski definition) is 4. The lowest BCUT2D eigenvalue weighted by Crippen LogP contribution is -2.14. The number of nitrogens with zero attached hydrogens (tertiary/aromatic N) is 1. The standard InChI is InChI=1S/C14H11NO2S/c1-15-10-4-2-3-5-13(10)18-14-6-9(8-16)12(17)7-11(14)15/h2-8,17H,1H3. The third kappa shape index (κ3) is 1.57. The second kappa shape index (κ2) is 4.07. The van der Waals surface area contributed by atoms with Crippen molar-refractivity contribution in [1.29, 1.82) is 0 Å². The lowest BCUT2D eigenvalue weighted by atomic mass is 10.1. The topological polar surface area (TPSA) is 40.5 Å². The van der Waals surface area contributed by atoms with Crippen molar-refractivity contribution in [3.05, 3.63) is 42.0 Å². The Kier molecular flexibility index (Phi) is 2.52. The number of fused-ring (bicyclic) bond motifs is 2. The highest BCUT2D eigenvalue weighted by atomic mass is 32.2. The average Bonchev–Trinajstić information content (AvgIpc) is 2.39. The second-order valence-electron chi connectivity index (χ2n) is 4.13. The molecule has 0 saturated carbocycles. The molecule has 0 saturated heterocycles. The number of aldehydes is 1. The van der Waals surface area contributed by atoms with Crippen molar-refractivity contribution >= 4 is 29.4 Å². The Morgan fingerprint density at radius 3 is 2.72 bits per heavy atom. The molecule has 3 nitrogen and oxygen atoms in total. The predicted molar refractivity (Wildman–Crippen MR) is 72.1 cm³/mol. The summed E-state index contributed by atoms with van der Waals surface area (Å²) in [6, 6.07) is 11.4. The molecule has 1 aliphatic rings. The van der Waals surface area contributed by atoms with Crippen LogP contribution in [0, 0.1) is 0 Å². The number of phenolic OH excluding ortho intramolecular Hbond substituents is 1. The quantitative estimate of drug-likeness (QED) is 0.794. The van der Waals surface area contributed by atoms with Crippen molar-refractivity contribution in [1.82, 2.24) is 0 Å². The van der Waals surface area contributed by atoms with Crippen LogP contribution in [0.25, 0.3) is 0 Å². The number of hydrogen-bond donors (Lipinski definition) is 1. The lowest BCUT2D eigenvalue weighted by Gasteiger charge is -2.29. The smallest absolute Gasteiger partial charge is 0.153 e. The van der Waals surface area contributed by atoms with Crippen molar-refractivity contribution in [2.75, 3.05) is 11.9 Å². The van der Waals surface area contributed by atoms with Crippen LogP contribution in [0.4, 0.5) is 11.4 Å². The maximum Gasteiger partial charge on any atom is 0.153 e. The first-order valence-corrected chi connectivity index (χ1v) is 6.35. The monoisotopic (exact) mass is 257 g/mol. The van der Waals surface area contributed by atoms with Gasteiger partial charge in [-0.2, -0.15) is 0 Å². The van der Waals surface area contributed by atoms with E-state index in [1.54, 1.807) is 23.9 Å². The van der Waals surface area contributed by atoms with E-state index in [-0.39, 0.29) is 5.75 Å². The highest BCUT2D eigenvalue weighted by Crippen LogP contribution is 2.48. The molecular formula is C14H11NO2S. The summed E-state index contributed by atoms with van der Waals surface area (Å²) >= 11 is 1.61. The van der Waals surface area contributed by atoms with Gasteiger partial charge in [-0.05, 0) is 18.2 Å². The molecule has 0 radical (unpaired) electrons. The number of carbonyl (C=O) groups excluding carboxylic acids is 1. The molecule has 2 aromatic carbocycles. The van der Waals surface area contributed by atoms with Gasteiger partial charge in [-0.1, -0.05) is 23.9 Å². The fourth-order valence-corrected chi connectivity index (χ4v) is 3.26. The van der Waals surface area contributed by atoms with Crippen LogP contribution in [0.1, 0.15) is 10.4 Å². The normalized spacial score (nSPS) is 12.8. The van der Waals surface area contributed by atoms with Crippen LogP contribution >= 0.6 is 11.8 Å². The van der Waals surface area contributed by atoms with Crippen LogP contribution in [0.5, 0.6) is 5.75 Å². The van der Waals surface area contributed by atoms with Gasteiger partial charge in [-0.25, -0.2) is 0 Å². The molecule has 0 unspecified atom stereocenters. The third-order valence-corrected chi connectivity index (χ3v) is 4.16. The van der Waals surface area contributed by atoms with E-state index in [0.29, 0.717) is 11.8 Å². The number of rotatable bonds is 1. The van der Waals surface area contributed by atoms with Gasteiger partial charge in [0, 0.05) is 22.9 Å². The maximum absolute atomic E-state index is 10.9. The van der Waals surface area contributed by atoms with Gasteiger partial charge in [0.05, 0.1) is 16.9 Å². The summed E-state index contributed by atoms with van der Waals surface area (Å²) in [6.07, 6.45) is 0.677. The Labute approximate surface area is 109 Å². The van der Waals surface area contributed by atoms with Crippen molar-refractivity contribution < 1.29 is 9.90 Å².